The third kappa shape index (κ3) is 1.21. The van der Waals surface area contributed by atoms with Crippen LogP contribution in [0.1, 0.15) is 20.8 Å². The molecule has 2 heterocycles. The molecule has 2 aromatic rings. The maximum atomic E-state index is 11.8. The minimum Gasteiger partial charge on any atom is -0.276 e. The standard InChI is InChI=1S/C9H12N4O/c1-9(2,3)13-8(14)6-4-5-10-11-7(6)12-13/h4-5H,1-3H3,(H,11,12). The summed E-state index contributed by atoms with van der Waals surface area (Å²) >= 11 is 0. The van der Waals surface area contributed by atoms with Crippen molar-refractivity contribution < 1.29 is 0 Å². The Balaban J connectivity index is 2.82. The summed E-state index contributed by atoms with van der Waals surface area (Å²) in [5, 5.41) is 11.1. The van der Waals surface area contributed by atoms with Gasteiger partial charge in [-0.2, -0.15) is 5.10 Å². The summed E-state index contributed by atoms with van der Waals surface area (Å²) in [6.45, 7) is 5.87. The largest absolute Gasteiger partial charge is 0.276 e. The molecule has 0 unspecified atom stereocenters. The lowest BCUT2D eigenvalue weighted by Gasteiger charge is -2.18. The summed E-state index contributed by atoms with van der Waals surface area (Å²) in [5.74, 6) is 0. The highest BCUT2D eigenvalue weighted by Gasteiger charge is 2.18. The molecule has 0 aliphatic heterocycles. The predicted octanol–water partition coefficient (Wildman–Crippen LogP) is 0.875. The first-order valence-corrected chi connectivity index (χ1v) is 4.43. The van der Waals surface area contributed by atoms with E-state index in [1.165, 1.54) is 6.20 Å². The van der Waals surface area contributed by atoms with Gasteiger partial charge in [0.15, 0.2) is 5.65 Å². The smallest absolute Gasteiger partial charge is 0.276 e. The van der Waals surface area contributed by atoms with E-state index in [-0.39, 0.29) is 11.1 Å². The highest BCUT2D eigenvalue weighted by molar-refractivity contribution is 5.72. The van der Waals surface area contributed by atoms with E-state index in [0.717, 1.165) is 0 Å². The van der Waals surface area contributed by atoms with Crippen LogP contribution in [0.3, 0.4) is 0 Å². The molecule has 0 amide bonds. The second-order valence-corrected chi connectivity index (χ2v) is 4.22. The van der Waals surface area contributed by atoms with Crippen LogP contribution in [-0.2, 0) is 5.54 Å². The van der Waals surface area contributed by atoms with Crippen molar-refractivity contribution in [1.29, 1.82) is 0 Å². The molecule has 2 rings (SSSR count). The molecule has 14 heavy (non-hydrogen) atoms. The van der Waals surface area contributed by atoms with Crippen LogP contribution in [0.2, 0.25) is 0 Å². The van der Waals surface area contributed by atoms with Crippen LogP contribution in [0, 0.1) is 0 Å². The fourth-order valence-corrected chi connectivity index (χ4v) is 1.34. The zero-order valence-corrected chi connectivity index (χ0v) is 8.40. The third-order valence-corrected chi connectivity index (χ3v) is 2.04. The minimum absolute atomic E-state index is 0.0533. The van der Waals surface area contributed by atoms with E-state index in [9.17, 15) is 4.79 Å². The SMILES string of the molecule is CC(C)(C)n1[nH]c2nnccc2c1=O. The molecule has 74 valence electrons. The fraction of sp³-hybridized carbons (Fsp3) is 0.444. The van der Waals surface area contributed by atoms with Gasteiger partial charge in [-0.05, 0) is 26.8 Å². The highest BCUT2D eigenvalue weighted by atomic mass is 16.1. The normalized spacial score (nSPS) is 12.2. The molecule has 0 aliphatic rings. The van der Waals surface area contributed by atoms with Crippen molar-refractivity contribution >= 4 is 11.0 Å². The van der Waals surface area contributed by atoms with Crippen LogP contribution >= 0.6 is 0 Å². The Bertz CT molecular complexity index is 517. The number of aromatic amines is 1. The van der Waals surface area contributed by atoms with Gasteiger partial charge >= 0.3 is 0 Å². The van der Waals surface area contributed by atoms with Crippen LogP contribution in [0.4, 0.5) is 0 Å². The summed E-state index contributed by atoms with van der Waals surface area (Å²) in [4.78, 5) is 11.8. The van der Waals surface area contributed by atoms with Crippen molar-refractivity contribution in [2.24, 2.45) is 0 Å². The molecule has 0 atom stereocenters. The Kier molecular flexibility index (Phi) is 1.70. The number of nitrogens with zero attached hydrogens (tertiary/aromatic N) is 3. The Morgan fingerprint density at radius 3 is 2.71 bits per heavy atom. The maximum absolute atomic E-state index is 11.8. The van der Waals surface area contributed by atoms with Gasteiger partial charge in [-0.25, -0.2) is 4.68 Å². The average Bonchev–Trinajstić information content (AvgIpc) is 2.44. The van der Waals surface area contributed by atoms with Gasteiger partial charge in [0.1, 0.15) is 0 Å². The quantitative estimate of drug-likeness (QED) is 0.673. The van der Waals surface area contributed by atoms with Crippen molar-refractivity contribution in [3.63, 3.8) is 0 Å². The molecule has 0 aromatic carbocycles. The van der Waals surface area contributed by atoms with Gasteiger partial charge in [-0.15, -0.1) is 5.10 Å². The Morgan fingerprint density at radius 1 is 1.43 bits per heavy atom. The number of hydrogen-bond donors (Lipinski definition) is 1. The van der Waals surface area contributed by atoms with E-state index >= 15 is 0 Å². The van der Waals surface area contributed by atoms with Crippen molar-refractivity contribution in [3.05, 3.63) is 22.6 Å². The molecule has 0 spiro atoms. The van der Waals surface area contributed by atoms with Gasteiger partial charge in [-0.3, -0.25) is 9.89 Å². The van der Waals surface area contributed by atoms with E-state index in [1.54, 1.807) is 10.7 Å². The maximum Gasteiger partial charge on any atom is 0.276 e. The summed E-state index contributed by atoms with van der Waals surface area (Å²) < 4.78 is 1.56. The van der Waals surface area contributed by atoms with Gasteiger partial charge in [-0.1, -0.05) is 0 Å². The molecule has 0 aliphatic carbocycles. The number of hydrogen-bond acceptors (Lipinski definition) is 3. The molecule has 5 heteroatoms. The topological polar surface area (TPSA) is 63.6 Å². The second-order valence-electron chi connectivity index (χ2n) is 4.22. The van der Waals surface area contributed by atoms with Crippen LogP contribution in [-0.4, -0.2) is 20.0 Å². The number of nitrogens with one attached hydrogen (secondary N) is 1. The van der Waals surface area contributed by atoms with Crippen LogP contribution < -0.4 is 5.56 Å². The van der Waals surface area contributed by atoms with Crippen LogP contribution in [0.5, 0.6) is 0 Å². The van der Waals surface area contributed by atoms with Crippen LogP contribution in [0.25, 0.3) is 11.0 Å². The predicted molar refractivity (Wildman–Crippen MR) is 53.1 cm³/mol. The molecular weight excluding hydrogens is 180 g/mol. The van der Waals surface area contributed by atoms with Crippen LogP contribution in [0.15, 0.2) is 17.1 Å². The molecule has 0 fully saturated rings. The van der Waals surface area contributed by atoms with Gasteiger partial charge in [0.05, 0.1) is 17.1 Å². The van der Waals surface area contributed by atoms with Gasteiger partial charge in [0, 0.05) is 0 Å². The van der Waals surface area contributed by atoms with Gasteiger partial charge in [0.2, 0.25) is 0 Å². The lowest BCUT2D eigenvalue weighted by Crippen LogP contribution is -2.32. The Morgan fingerprint density at radius 2 is 2.14 bits per heavy atom. The lowest BCUT2D eigenvalue weighted by atomic mass is 10.1. The number of rotatable bonds is 0. The first-order chi connectivity index (χ1) is 6.50. The van der Waals surface area contributed by atoms with Crippen molar-refractivity contribution in [2.75, 3.05) is 0 Å². The van der Waals surface area contributed by atoms with E-state index in [4.69, 9.17) is 0 Å². The highest BCUT2D eigenvalue weighted by Crippen LogP contribution is 2.11. The van der Waals surface area contributed by atoms with Crippen molar-refractivity contribution in [2.45, 2.75) is 26.3 Å². The number of fused-ring (bicyclic) bond motifs is 1. The fourth-order valence-electron chi connectivity index (χ4n) is 1.34. The second kappa shape index (κ2) is 2.67. The van der Waals surface area contributed by atoms with Crippen molar-refractivity contribution in [3.8, 4) is 0 Å². The molecule has 2 aromatic heterocycles. The van der Waals surface area contributed by atoms with Gasteiger partial charge in [0.25, 0.3) is 5.56 Å². The molecule has 5 nitrogen and oxygen atoms in total. The molecule has 0 bridgehead atoms. The zero-order valence-electron chi connectivity index (χ0n) is 8.40. The first kappa shape index (κ1) is 8.93. The molecule has 0 radical (unpaired) electrons. The monoisotopic (exact) mass is 192 g/mol. The minimum atomic E-state index is -0.266. The van der Waals surface area contributed by atoms with E-state index in [1.807, 2.05) is 20.8 Å². The Hall–Kier alpha value is -1.65. The van der Waals surface area contributed by atoms with E-state index in [2.05, 4.69) is 15.3 Å². The van der Waals surface area contributed by atoms with Gasteiger partial charge < -0.3 is 0 Å². The summed E-state index contributed by atoms with van der Waals surface area (Å²) in [7, 11) is 0. The summed E-state index contributed by atoms with van der Waals surface area (Å²) in [5.41, 5.74) is 0.215. The zero-order chi connectivity index (χ0) is 10.3. The Labute approximate surface area is 80.7 Å². The van der Waals surface area contributed by atoms with E-state index < -0.39 is 0 Å². The number of aromatic nitrogens is 4. The average molecular weight is 192 g/mol. The molecular formula is C9H12N4O. The summed E-state index contributed by atoms with van der Waals surface area (Å²) in [6.07, 6.45) is 1.52. The van der Waals surface area contributed by atoms with Crippen molar-refractivity contribution in [1.82, 2.24) is 20.0 Å². The lowest BCUT2D eigenvalue weighted by molar-refractivity contribution is 0.348. The number of H-pyrrole nitrogens is 1. The molecule has 0 saturated carbocycles. The molecule has 1 N–H and O–H groups in total. The van der Waals surface area contributed by atoms with E-state index in [0.29, 0.717) is 11.0 Å². The third-order valence-electron chi connectivity index (χ3n) is 2.04. The first-order valence-electron chi connectivity index (χ1n) is 4.43. The molecule has 0 saturated heterocycles. The summed E-state index contributed by atoms with van der Waals surface area (Å²) in [6, 6.07) is 1.67.